The standard InChI is InChI=1S/C12H14O6/c1-5-17-11(15)9(7(3)13)10(8(4)14)12(16)18-6-2/h1,9-10H,6H2,2-4H3. The lowest BCUT2D eigenvalue weighted by molar-refractivity contribution is -0.163. The monoisotopic (exact) mass is 254 g/mol. The van der Waals surface area contributed by atoms with Gasteiger partial charge in [-0.05, 0) is 20.8 Å². The van der Waals surface area contributed by atoms with E-state index in [2.05, 4.69) is 9.47 Å². The van der Waals surface area contributed by atoms with Gasteiger partial charge in [-0.3, -0.25) is 19.2 Å². The van der Waals surface area contributed by atoms with Crippen molar-refractivity contribution in [3.05, 3.63) is 0 Å². The van der Waals surface area contributed by atoms with Gasteiger partial charge in [-0.2, -0.15) is 0 Å². The van der Waals surface area contributed by atoms with E-state index in [0.717, 1.165) is 13.8 Å². The number of hydrogen-bond acceptors (Lipinski definition) is 6. The van der Waals surface area contributed by atoms with Gasteiger partial charge in [-0.15, -0.1) is 0 Å². The number of terminal acetylenes is 1. The molecule has 0 saturated heterocycles. The quantitative estimate of drug-likeness (QED) is 0.379. The number of Topliss-reactive ketones (excluding diaryl/α,β-unsaturated/α-hetero) is 2. The molecule has 0 aliphatic rings. The van der Waals surface area contributed by atoms with Crippen molar-refractivity contribution in [2.75, 3.05) is 6.61 Å². The lowest BCUT2D eigenvalue weighted by atomic mass is 9.86. The van der Waals surface area contributed by atoms with Crippen LogP contribution in [0.1, 0.15) is 20.8 Å². The Morgan fingerprint density at radius 1 is 1.06 bits per heavy atom. The molecule has 18 heavy (non-hydrogen) atoms. The first-order valence-corrected chi connectivity index (χ1v) is 5.20. The molecule has 0 saturated carbocycles. The molecule has 0 aliphatic carbocycles. The Morgan fingerprint density at radius 3 is 1.83 bits per heavy atom. The highest BCUT2D eigenvalue weighted by Crippen LogP contribution is 2.18. The van der Waals surface area contributed by atoms with Gasteiger partial charge < -0.3 is 9.47 Å². The van der Waals surface area contributed by atoms with Gasteiger partial charge in [0, 0.05) is 0 Å². The van der Waals surface area contributed by atoms with Crippen molar-refractivity contribution in [3.63, 3.8) is 0 Å². The molecule has 0 fully saturated rings. The Kier molecular flexibility index (Phi) is 6.35. The van der Waals surface area contributed by atoms with Crippen LogP contribution in [0.3, 0.4) is 0 Å². The van der Waals surface area contributed by atoms with E-state index >= 15 is 0 Å². The Balaban J connectivity index is 5.32. The molecule has 2 unspecified atom stereocenters. The molecule has 0 radical (unpaired) electrons. The molecule has 6 heteroatoms. The number of ether oxygens (including phenoxy) is 2. The predicted octanol–water partition coefficient (Wildman–Crippen LogP) is 0.0938. The molecule has 0 heterocycles. The molecule has 0 aromatic rings. The van der Waals surface area contributed by atoms with E-state index in [-0.39, 0.29) is 6.61 Å². The second-order valence-electron chi connectivity index (χ2n) is 3.47. The van der Waals surface area contributed by atoms with E-state index in [4.69, 9.17) is 6.42 Å². The highest BCUT2D eigenvalue weighted by molar-refractivity contribution is 6.10. The largest absolute Gasteiger partial charge is 0.465 e. The minimum absolute atomic E-state index is 0.0252. The summed E-state index contributed by atoms with van der Waals surface area (Å²) < 4.78 is 8.89. The van der Waals surface area contributed by atoms with Crippen molar-refractivity contribution in [3.8, 4) is 12.5 Å². The van der Waals surface area contributed by atoms with Gasteiger partial charge in [0.15, 0.2) is 0 Å². The predicted molar refractivity (Wildman–Crippen MR) is 59.9 cm³/mol. The lowest BCUT2D eigenvalue weighted by Gasteiger charge is -2.18. The molecule has 0 spiro atoms. The SMILES string of the molecule is C#COC(=O)C(C(C)=O)C(C(C)=O)C(=O)OCC. The fraction of sp³-hybridized carbons (Fsp3) is 0.500. The van der Waals surface area contributed by atoms with E-state index in [9.17, 15) is 19.2 Å². The third-order valence-electron chi connectivity index (χ3n) is 2.16. The van der Waals surface area contributed by atoms with Gasteiger partial charge in [0.05, 0.1) is 6.61 Å². The fourth-order valence-corrected chi connectivity index (χ4v) is 1.43. The number of carbonyl (C=O) groups is 4. The summed E-state index contributed by atoms with van der Waals surface area (Å²) in [7, 11) is 0. The van der Waals surface area contributed by atoms with Crippen molar-refractivity contribution in [2.45, 2.75) is 20.8 Å². The molecule has 0 bridgehead atoms. The maximum Gasteiger partial charge on any atom is 0.331 e. The lowest BCUT2D eigenvalue weighted by Crippen LogP contribution is -2.40. The van der Waals surface area contributed by atoms with Crippen LogP contribution in [-0.2, 0) is 28.7 Å². The zero-order valence-corrected chi connectivity index (χ0v) is 10.4. The van der Waals surface area contributed by atoms with Gasteiger partial charge in [-0.25, -0.2) is 0 Å². The molecule has 0 aromatic heterocycles. The van der Waals surface area contributed by atoms with E-state index in [1.165, 1.54) is 6.92 Å². The van der Waals surface area contributed by atoms with Crippen molar-refractivity contribution in [2.24, 2.45) is 11.8 Å². The minimum Gasteiger partial charge on any atom is -0.465 e. The Morgan fingerprint density at radius 2 is 1.50 bits per heavy atom. The number of ketones is 2. The van der Waals surface area contributed by atoms with Crippen molar-refractivity contribution < 1.29 is 28.7 Å². The van der Waals surface area contributed by atoms with Gasteiger partial charge >= 0.3 is 11.9 Å². The normalized spacial score (nSPS) is 12.8. The molecule has 0 N–H and O–H groups in total. The second-order valence-corrected chi connectivity index (χ2v) is 3.47. The summed E-state index contributed by atoms with van der Waals surface area (Å²) in [6.07, 6.45) is 6.38. The third kappa shape index (κ3) is 4.01. The Hall–Kier alpha value is -2.16. The topological polar surface area (TPSA) is 86.7 Å². The zero-order chi connectivity index (χ0) is 14.3. The van der Waals surface area contributed by atoms with Crippen LogP contribution < -0.4 is 0 Å². The molecule has 98 valence electrons. The van der Waals surface area contributed by atoms with E-state index < -0.39 is 35.3 Å². The van der Waals surface area contributed by atoms with Crippen molar-refractivity contribution in [1.29, 1.82) is 0 Å². The van der Waals surface area contributed by atoms with Crippen LogP contribution in [0.25, 0.3) is 0 Å². The van der Waals surface area contributed by atoms with Crippen molar-refractivity contribution in [1.82, 2.24) is 0 Å². The first-order chi connectivity index (χ1) is 8.36. The molecule has 0 rings (SSSR count). The minimum atomic E-state index is -1.57. The number of esters is 2. The maximum atomic E-state index is 11.6. The molecule has 0 aromatic carbocycles. The summed E-state index contributed by atoms with van der Waals surface area (Å²) >= 11 is 0. The van der Waals surface area contributed by atoms with Crippen LogP contribution in [0.15, 0.2) is 0 Å². The van der Waals surface area contributed by atoms with Crippen LogP contribution in [0.4, 0.5) is 0 Å². The number of rotatable bonds is 6. The zero-order valence-electron chi connectivity index (χ0n) is 10.4. The number of carbonyl (C=O) groups excluding carboxylic acids is 4. The van der Waals surface area contributed by atoms with Gasteiger partial charge in [0.2, 0.25) is 0 Å². The summed E-state index contributed by atoms with van der Waals surface area (Å²) in [5.41, 5.74) is 0. The van der Waals surface area contributed by atoms with E-state index in [1.54, 1.807) is 6.11 Å². The maximum absolute atomic E-state index is 11.6. The molecule has 2 atom stereocenters. The highest BCUT2D eigenvalue weighted by atomic mass is 16.5. The summed E-state index contributed by atoms with van der Waals surface area (Å²) in [5, 5.41) is 0. The third-order valence-corrected chi connectivity index (χ3v) is 2.16. The van der Waals surface area contributed by atoms with Gasteiger partial charge in [0.1, 0.15) is 29.5 Å². The van der Waals surface area contributed by atoms with Crippen LogP contribution >= 0.6 is 0 Å². The first-order valence-electron chi connectivity index (χ1n) is 5.20. The van der Waals surface area contributed by atoms with E-state index in [0.29, 0.717) is 0 Å². The molecule has 0 amide bonds. The molecular weight excluding hydrogens is 240 g/mol. The van der Waals surface area contributed by atoms with Crippen LogP contribution in [0.5, 0.6) is 0 Å². The molecular formula is C12H14O6. The summed E-state index contributed by atoms with van der Waals surface area (Å²) in [5.74, 6) is -6.51. The summed E-state index contributed by atoms with van der Waals surface area (Å²) in [4.78, 5) is 45.9. The molecule has 6 nitrogen and oxygen atoms in total. The van der Waals surface area contributed by atoms with Crippen LogP contribution in [0.2, 0.25) is 0 Å². The summed E-state index contributed by atoms with van der Waals surface area (Å²) in [6.45, 7) is 3.72. The fourth-order valence-electron chi connectivity index (χ4n) is 1.43. The Labute approximate surface area is 105 Å². The average Bonchev–Trinajstić information content (AvgIpc) is 2.24. The van der Waals surface area contributed by atoms with Crippen LogP contribution in [-0.4, -0.2) is 30.1 Å². The molecule has 0 aliphatic heterocycles. The second kappa shape index (κ2) is 7.22. The average molecular weight is 254 g/mol. The van der Waals surface area contributed by atoms with Gasteiger partial charge in [-0.1, -0.05) is 6.42 Å². The van der Waals surface area contributed by atoms with Crippen molar-refractivity contribution >= 4 is 23.5 Å². The smallest absolute Gasteiger partial charge is 0.331 e. The van der Waals surface area contributed by atoms with E-state index in [1.807, 2.05) is 0 Å². The highest BCUT2D eigenvalue weighted by Gasteiger charge is 2.42. The van der Waals surface area contributed by atoms with Crippen LogP contribution in [0, 0.1) is 24.4 Å². The summed E-state index contributed by atoms with van der Waals surface area (Å²) in [6, 6.07) is 0. The first kappa shape index (κ1) is 15.8. The van der Waals surface area contributed by atoms with Gasteiger partial charge in [0.25, 0.3) is 0 Å². The Bertz CT molecular complexity index is 403. The number of hydrogen-bond donors (Lipinski definition) is 0.